The molecule has 0 atom stereocenters. The third-order valence-electron chi connectivity index (χ3n) is 4.51. The second-order valence-corrected chi connectivity index (χ2v) is 6.67. The normalized spacial score (nSPS) is 10.6. The van der Waals surface area contributed by atoms with Crippen LogP contribution >= 0.6 is 0 Å². The summed E-state index contributed by atoms with van der Waals surface area (Å²) in [7, 11) is 1.62. The lowest BCUT2D eigenvalue weighted by Gasteiger charge is -2.08. The van der Waals surface area contributed by atoms with Crippen molar-refractivity contribution < 1.29 is 23.4 Å². The number of methoxy groups -OCH3 is 1. The maximum atomic E-state index is 12.3. The van der Waals surface area contributed by atoms with Gasteiger partial charge in [0.15, 0.2) is 12.2 Å². The Morgan fingerprint density at radius 2 is 1.61 bits per heavy atom. The molecule has 31 heavy (non-hydrogen) atoms. The highest BCUT2D eigenvalue weighted by Gasteiger charge is 2.11. The smallest absolute Gasteiger partial charge is 0.262 e. The van der Waals surface area contributed by atoms with Crippen LogP contribution in [0.25, 0.3) is 22.6 Å². The van der Waals surface area contributed by atoms with Crippen LogP contribution in [0.15, 0.2) is 71.1 Å². The quantitative estimate of drug-likeness (QED) is 0.437. The number of carbonyl (C=O) groups is 1. The highest BCUT2D eigenvalue weighted by Crippen LogP contribution is 2.27. The Kier molecular flexibility index (Phi) is 6.03. The van der Waals surface area contributed by atoms with Gasteiger partial charge in [0.2, 0.25) is 5.89 Å². The van der Waals surface area contributed by atoms with Gasteiger partial charge >= 0.3 is 0 Å². The van der Waals surface area contributed by atoms with Crippen molar-refractivity contribution in [3.8, 4) is 28.7 Å². The van der Waals surface area contributed by atoms with E-state index in [0.29, 0.717) is 35.0 Å². The van der Waals surface area contributed by atoms with Gasteiger partial charge in [-0.2, -0.15) is 0 Å². The van der Waals surface area contributed by atoms with Crippen LogP contribution < -0.4 is 19.5 Å². The van der Waals surface area contributed by atoms with Gasteiger partial charge < -0.3 is 23.9 Å². The monoisotopic (exact) mass is 418 g/mol. The highest BCUT2D eigenvalue weighted by molar-refractivity contribution is 5.93. The Bertz CT molecular complexity index is 1170. The summed E-state index contributed by atoms with van der Waals surface area (Å²) in [5.74, 6) is 2.34. The lowest BCUT2D eigenvalue weighted by Crippen LogP contribution is -2.20. The van der Waals surface area contributed by atoms with Crippen molar-refractivity contribution in [2.45, 2.75) is 6.92 Å². The van der Waals surface area contributed by atoms with E-state index in [2.05, 4.69) is 10.3 Å². The van der Waals surface area contributed by atoms with Gasteiger partial charge in [0.1, 0.15) is 22.8 Å². The molecule has 0 saturated carbocycles. The largest absolute Gasteiger partial charge is 0.497 e. The molecule has 4 aromatic rings. The summed E-state index contributed by atoms with van der Waals surface area (Å²) < 4.78 is 22.0. The minimum atomic E-state index is -0.275. The summed E-state index contributed by atoms with van der Waals surface area (Å²) in [4.78, 5) is 16.8. The molecule has 0 aliphatic rings. The number of rotatable bonds is 8. The molecule has 158 valence electrons. The summed E-state index contributed by atoms with van der Waals surface area (Å²) in [6.45, 7) is 2.41. The predicted molar refractivity (Wildman–Crippen MR) is 118 cm³/mol. The fourth-order valence-corrected chi connectivity index (χ4v) is 3.00. The number of oxazole rings is 1. The van der Waals surface area contributed by atoms with E-state index in [-0.39, 0.29) is 12.5 Å². The van der Waals surface area contributed by atoms with Gasteiger partial charge in [-0.25, -0.2) is 4.98 Å². The van der Waals surface area contributed by atoms with Gasteiger partial charge in [-0.15, -0.1) is 0 Å². The summed E-state index contributed by atoms with van der Waals surface area (Å²) in [6, 6.07) is 19.9. The molecule has 7 nitrogen and oxygen atoms in total. The molecule has 3 aromatic carbocycles. The van der Waals surface area contributed by atoms with Gasteiger partial charge in [0, 0.05) is 17.3 Å². The molecule has 0 radical (unpaired) electrons. The van der Waals surface area contributed by atoms with E-state index in [1.807, 2.05) is 31.2 Å². The molecule has 4 rings (SSSR count). The third-order valence-corrected chi connectivity index (χ3v) is 4.51. The summed E-state index contributed by atoms with van der Waals surface area (Å²) >= 11 is 0. The number of nitrogens with one attached hydrogen (secondary N) is 1. The number of aromatic nitrogens is 1. The van der Waals surface area contributed by atoms with Gasteiger partial charge in [0.05, 0.1) is 13.7 Å². The molecule has 1 N–H and O–H groups in total. The molecule has 0 bridgehead atoms. The topological polar surface area (TPSA) is 82.8 Å². The zero-order chi connectivity index (χ0) is 21.6. The molecular formula is C24H22N2O5. The van der Waals surface area contributed by atoms with Crippen molar-refractivity contribution in [3.05, 3.63) is 66.7 Å². The van der Waals surface area contributed by atoms with Gasteiger partial charge in [-0.05, 0) is 67.6 Å². The van der Waals surface area contributed by atoms with E-state index in [1.54, 1.807) is 49.6 Å². The van der Waals surface area contributed by atoms with Gasteiger partial charge in [0.25, 0.3) is 5.91 Å². The maximum absolute atomic E-state index is 12.3. The molecule has 0 aliphatic carbocycles. The van der Waals surface area contributed by atoms with Crippen LogP contribution in [-0.4, -0.2) is 31.2 Å². The minimum absolute atomic E-state index is 0.112. The van der Waals surface area contributed by atoms with Crippen molar-refractivity contribution in [2.75, 3.05) is 25.6 Å². The van der Waals surface area contributed by atoms with Crippen LogP contribution in [0.5, 0.6) is 17.2 Å². The lowest BCUT2D eigenvalue weighted by molar-refractivity contribution is -0.118. The maximum Gasteiger partial charge on any atom is 0.262 e. The second kappa shape index (κ2) is 9.21. The molecule has 0 unspecified atom stereocenters. The molecule has 0 aliphatic heterocycles. The number of nitrogens with zero attached hydrogens (tertiary/aromatic N) is 1. The summed E-state index contributed by atoms with van der Waals surface area (Å²) in [5.41, 5.74) is 2.72. The Morgan fingerprint density at radius 1 is 0.935 bits per heavy atom. The van der Waals surface area contributed by atoms with E-state index in [1.165, 1.54) is 0 Å². The number of anilines is 1. The van der Waals surface area contributed by atoms with Crippen LogP contribution in [0.1, 0.15) is 6.92 Å². The first-order valence-corrected chi connectivity index (χ1v) is 9.85. The second-order valence-electron chi connectivity index (χ2n) is 6.67. The molecule has 0 spiro atoms. The third kappa shape index (κ3) is 4.95. The Morgan fingerprint density at radius 3 is 2.29 bits per heavy atom. The predicted octanol–water partition coefficient (Wildman–Crippen LogP) is 4.92. The number of benzene rings is 3. The van der Waals surface area contributed by atoms with Crippen molar-refractivity contribution in [1.82, 2.24) is 4.98 Å². The van der Waals surface area contributed by atoms with Crippen LogP contribution in [0.4, 0.5) is 5.69 Å². The van der Waals surface area contributed by atoms with Crippen LogP contribution in [0.3, 0.4) is 0 Å². The molecule has 1 aromatic heterocycles. The fourth-order valence-electron chi connectivity index (χ4n) is 3.00. The molecule has 1 amide bonds. The van der Waals surface area contributed by atoms with Crippen molar-refractivity contribution in [3.63, 3.8) is 0 Å². The average Bonchev–Trinajstić information content (AvgIpc) is 3.22. The van der Waals surface area contributed by atoms with Crippen LogP contribution in [0.2, 0.25) is 0 Å². The lowest BCUT2D eigenvalue weighted by atomic mass is 10.2. The molecule has 1 heterocycles. The Balaban J connectivity index is 1.39. The van der Waals surface area contributed by atoms with Crippen molar-refractivity contribution in [2.24, 2.45) is 0 Å². The van der Waals surface area contributed by atoms with Crippen LogP contribution in [0, 0.1) is 0 Å². The Hall–Kier alpha value is -4.00. The number of hydrogen-bond donors (Lipinski definition) is 1. The zero-order valence-electron chi connectivity index (χ0n) is 17.3. The molecule has 0 fully saturated rings. The van der Waals surface area contributed by atoms with Gasteiger partial charge in [-0.1, -0.05) is 0 Å². The van der Waals surface area contributed by atoms with E-state index in [4.69, 9.17) is 18.6 Å². The SMILES string of the molecule is CCOc1ccc(OCC(=O)Nc2ccc3nc(-c4ccc(OC)cc4)oc3c2)cc1. The van der Waals surface area contributed by atoms with E-state index < -0.39 is 0 Å². The van der Waals surface area contributed by atoms with Gasteiger partial charge in [-0.3, -0.25) is 4.79 Å². The summed E-state index contributed by atoms with van der Waals surface area (Å²) in [5, 5.41) is 2.81. The molecular weight excluding hydrogens is 396 g/mol. The number of ether oxygens (including phenoxy) is 3. The zero-order valence-corrected chi connectivity index (χ0v) is 17.3. The number of carbonyl (C=O) groups excluding carboxylic acids is 1. The standard InChI is InChI=1S/C24H22N2O5/c1-3-29-19-9-11-20(12-10-19)30-15-23(27)25-17-6-13-21-22(14-17)31-24(26-21)16-4-7-18(28-2)8-5-16/h4-14H,3,15H2,1-2H3,(H,25,27). The first-order valence-electron chi connectivity index (χ1n) is 9.85. The number of fused-ring (bicyclic) bond motifs is 1. The number of hydrogen-bond acceptors (Lipinski definition) is 6. The fraction of sp³-hybridized carbons (Fsp3) is 0.167. The average molecular weight is 418 g/mol. The van der Waals surface area contributed by atoms with E-state index in [0.717, 1.165) is 17.1 Å². The number of amides is 1. The first-order chi connectivity index (χ1) is 15.1. The van der Waals surface area contributed by atoms with Crippen LogP contribution in [-0.2, 0) is 4.79 Å². The Labute approximate surface area is 179 Å². The highest BCUT2D eigenvalue weighted by atomic mass is 16.5. The minimum Gasteiger partial charge on any atom is -0.497 e. The molecule has 7 heteroatoms. The first kappa shape index (κ1) is 20.3. The van der Waals surface area contributed by atoms with E-state index in [9.17, 15) is 4.79 Å². The van der Waals surface area contributed by atoms with Crippen molar-refractivity contribution >= 4 is 22.7 Å². The molecule has 0 saturated heterocycles. The van der Waals surface area contributed by atoms with Crippen molar-refractivity contribution in [1.29, 1.82) is 0 Å². The summed E-state index contributed by atoms with van der Waals surface area (Å²) in [6.07, 6.45) is 0. The van der Waals surface area contributed by atoms with E-state index >= 15 is 0 Å².